The summed E-state index contributed by atoms with van der Waals surface area (Å²) in [6.45, 7) is 0.844. The van der Waals surface area contributed by atoms with Gasteiger partial charge in [0.1, 0.15) is 0 Å². The number of rotatable bonds is 2. The molecule has 0 aliphatic carbocycles. The van der Waals surface area contributed by atoms with Gasteiger partial charge >= 0.3 is 0 Å². The predicted octanol–water partition coefficient (Wildman–Crippen LogP) is 3.12. The van der Waals surface area contributed by atoms with E-state index >= 15 is 0 Å². The minimum atomic E-state index is 0.0963. The first-order chi connectivity index (χ1) is 8.86. The first-order valence-electron chi connectivity index (χ1n) is 6.10. The summed E-state index contributed by atoms with van der Waals surface area (Å²) in [6, 6.07) is 8.05. The van der Waals surface area contributed by atoms with Crippen LogP contribution in [-0.4, -0.2) is 22.3 Å². The highest BCUT2D eigenvalue weighted by atomic mass is 32.1. The maximum atomic E-state index is 12.4. The van der Waals surface area contributed by atoms with Crippen LogP contribution in [0.2, 0.25) is 0 Å². The summed E-state index contributed by atoms with van der Waals surface area (Å²) in [7, 11) is 0. The fourth-order valence-corrected chi connectivity index (χ4v) is 3.32. The monoisotopic (exact) mass is 258 g/mol. The van der Waals surface area contributed by atoms with Gasteiger partial charge in [-0.25, -0.2) is 0 Å². The summed E-state index contributed by atoms with van der Waals surface area (Å²) in [5.74, 6) is 0.0963. The van der Waals surface area contributed by atoms with Crippen LogP contribution in [0.5, 0.6) is 0 Å². The van der Waals surface area contributed by atoms with Crippen molar-refractivity contribution in [3.63, 3.8) is 0 Å². The molecule has 3 rings (SSSR count). The molecule has 1 aliphatic heterocycles. The summed E-state index contributed by atoms with van der Waals surface area (Å²) >= 11 is 1.73. The lowest BCUT2D eigenvalue weighted by Crippen LogP contribution is -2.30. The van der Waals surface area contributed by atoms with Crippen molar-refractivity contribution in [2.45, 2.75) is 18.9 Å². The molecule has 1 atom stereocenters. The molecular weight excluding hydrogens is 244 g/mol. The average molecular weight is 258 g/mol. The molecule has 3 heterocycles. The third kappa shape index (κ3) is 2.04. The zero-order valence-corrected chi connectivity index (χ0v) is 10.8. The Morgan fingerprint density at radius 1 is 1.39 bits per heavy atom. The van der Waals surface area contributed by atoms with Gasteiger partial charge in [0.25, 0.3) is 5.91 Å². The van der Waals surface area contributed by atoms with E-state index in [1.165, 1.54) is 4.88 Å². The van der Waals surface area contributed by atoms with E-state index < -0.39 is 0 Å². The summed E-state index contributed by atoms with van der Waals surface area (Å²) in [4.78, 5) is 19.7. The Morgan fingerprint density at radius 2 is 2.33 bits per heavy atom. The minimum absolute atomic E-state index is 0.0963. The SMILES string of the molecule is O=C(c1cccnc1)N1CCC[C@@H]1c1cccs1. The molecule has 4 heteroatoms. The molecule has 92 valence electrons. The first kappa shape index (κ1) is 11.4. The number of carbonyl (C=O) groups excluding carboxylic acids is 1. The lowest BCUT2D eigenvalue weighted by Gasteiger charge is -2.23. The first-order valence-corrected chi connectivity index (χ1v) is 6.98. The van der Waals surface area contributed by atoms with Crippen molar-refractivity contribution >= 4 is 17.2 Å². The number of amides is 1. The largest absolute Gasteiger partial charge is 0.331 e. The Hall–Kier alpha value is -1.68. The van der Waals surface area contributed by atoms with Gasteiger partial charge in [-0.2, -0.15) is 0 Å². The second-order valence-electron chi connectivity index (χ2n) is 4.41. The maximum absolute atomic E-state index is 12.4. The van der Waals surface area contributed by atoms with Crippen LogP contribution in [0.15, 0.2) is 42.0 Å². The van der Waals surface area contributed by atoms with E-state index in [2.05, 4.69) is 16.4 Å². The molecule has 3 nitrogen and oxygen atoms in total. The standard InChI is InChI=1S/C14H14N2OS/c17-14(11-4-1-7-15-10-11)16-8-2-5-12(16)13-6-3-9-18-13/h1,3-4,6-7,9-10,12H,2,5,8H2/t12-/m1/s1. The third-order valence-corrected chi connectivity index (χ3v) is 4.27. The second kappa shape index (κ2) is 4.90. The normalized spacial score (nSPS) is 19.1. The number of thiophene rings is 1. The zero-order valence-electron chi connectivity index (χ0n) is 9.95. The van der Waals surface area contributed by atoms with Gasteiger partial charge in [-0.05, 0) is 36.4 Å². The Morgan fingerprint density at radius 3 is 3.06 bits per heavy atom. The Labute approximate surface area is 110 Å². The van der Waals surface area contributed by atoms with Gasteiger partial charge in [-0.1, -0.05) is 6.07 Å². The van der Waals surface area contributed by atoms with Gasteiger partial charge in [0.15, 0.2) is 0 Å². The quantitative estimate of drug-likeness (QED) is 0.829. The van der Waals surface area contributed by atoms with Gasteiger partial charge in [-0.15, -0.1) is 11.3 Å². The van der Waals surface area contributed by atoms with E-state index in [1.807, 2.05) is 23.1 Å². The van der Waals surface area contributed by atoms with E-state index in [0.29, 0.717) is 5.56 Å². The molecule has 0 bridgehead atoms. The molecule has 1 fully saturated rings. The molecule has 0 aromatic carbocycles. The van der Waals surface area contributed by atoms with Crippen LogP contribution in [0.1, 0.15) is 34.1 Å². The molecule has 1 aliphatic rings. The highest BCUT2D eigenvalue weighted by Gasteiger charge is 2.31. The van der Waals surface area contributed by atoms with Crippen LogP contribution in [0.25, 0.3) is 0 Å². The molecule has 1 amide bonds. The number of pyridine rings is 1. The van der Waals surface area contributed by atoms with E-state index in [1.54, 1.807) is 23.7 Å². The molecule has 2 aromatic heterocycles. The number of hydrogen-bond donors (Lipinski definition) is 0. The van der Waals surface area contributed by atoms with E-state index in [4.69, 9.17) is 0 Å². The number of carbonyl (C=O) groups is 1. The molecule has 0 saturated carbocycles. The van der Waals surface area contributed by atoms with Crippen LogP contribution in [0, 0.1) is 0 Å². The number of hydrogen-bond acceptors (Lipinski definition) is 3. The van der Waals surface area contributed by atoms with E-state index in [9.17, 15) is 4.79 Å². The van der Waals surface area contributed by atoms with Crippen molar-refractivity contribution in [3.05, 3.63) is 52.5 Å². The van der Waals surface area contributed by atoms with Crippen LogP contribution < -0.4 is 0 Å². The fraction of sp³-hybridized carbons (Fsp3) is 0.286. The molecule has 18 heavy (non-hydrogen) atoms. The molecular formula is C14H14N2OS. The fourth-order valence-electron chi connectivity index (χ4n) is 2.44. The van der Waals surface area contributed by atoms with Gasteiger partial charge in [-0.3, -0.25) is 9.78 Å². The van der Waals surface area contributed by atoms with Crippen molar-refractivity contribution < 1.29 is 4.79 Å². The third-order valence-electron chi connectivity index (χ3n) is 3.29. The molecule has 0 radical (unpaired) electrons. The van der Waals surface area contributed by atoms with Crippen molar-refractivity contribution in [2.24, 2.45) is 0 Å². The van der Waals surface area contributed by atoms with E-state index in [0.717, 1.165) is 19.4 Å². The molecule has 1 saturated heterocycles. The molecule has 2 aromatic rings. The summed E-state index contributed by atoms with van der Waals surface area (Å²) in [6.07, 6.45) is 5.48. The number of aromatic nitrogens is 1. The van der Waals surface area contributed by atoms with Crippen LogP contribution in [0.3, 0.4) is 0 Å². The van der Waals surface area contributed by atoms with Gasteiger partial charge in [0.05, 0.1) is 11.6 Å². The Bertz CT molecular complexity index is 524. The predicted molar refractivity (Wildman–Crippen MR) is 71.6 cm³/mol. The maximum Gasteiger partial charge on any atom is 0.255 e. The smallest absolute Gasteiger partial charge is 0.255 e. The zero-order chi connectivity index (χ0) is 12.4. The second-order valence-corrected chi connectivity index (χ2v) is 5.39. The highest BCUT2D eigenvalue weighted by Crippen LogP contribution is 2.35. The topological polar surface area (TPSA) is 33.2 Å². The van der Waals surface area contributed by atoms with Gasteiger partial charge < -0.3 is 4.90 Å². The average Bonchev–Trinajstić information content (AvgIpc) is 3.09. The Balaban J connectivity index is 1.85. The van der Waals surface area contributed by atoms with Gasteiger partial charge in [0, 0.05) is 23.8 Å². The van der Waals surface area contributed by atoms with Crippen molar-refractivity contribution in [1.29, 1.82) is 0 Å². The summed E-state index contributed by atoms with van der Waals surface area (Å²) < 4.78 is 0. The molecule has 0 unspecified atom stereocenters. The lowest BCUT2D eigenvalue weighted by atomic mass is 10.1. The summed E-state index contributed by atoms with van der Waals surface area (Å²) in [5, 5.41) is 2.07. The summed E-state index contributed by atoms with van der Waals surface area (Å²) in [5.41, 5.74) is 0.681. The lowest BCUT2D eigenvalue weighted by molar-refractivity contribution is 0.0737. The van der Waals surface area contributed by atoms with Crippen LogP contribution in [-0.2, 0) is 0 Å². The van der Waals surface area contributed by atoms with E-state index in [-0.39, 0.29) is 11.9 Å². The minimum Gasteiger partial charge on any atom is -0.331 e. The number of nitrogens with zero attached hydrogens (tertiary/aromatic N) is 2. The Kier molecular flexibility index (Phi) is 3.11. The molecule has 0 spiro atoms. The van der Waals surface area contributed by atoms with Crippen molar-refractivity contribution in [1.82, 2.24) is 9.88 Å². The highest BCUT2D eigenvalue weighted by molar-refractivity contribution is 7.10. The van der Waals surface area contributed by atoms with Crippen LogP contribution in [0.4, 0.5) is 0 Å². The van der Waals surface area contributed by atoms with Crippen LogP contribution >= 0.6 is 11.3 Å². The van der Waals surface area contributed by atoms with Crippen molar-refractivity contribution in [3.8, 4) is 0 Å². The molecule has 0 N–H and O–H groups in total. The van der Waals surface area contributed by atoms with Crippen molar-refractivity contribution in [2.75, 3.05) is 6.54 Å². The number of likely N-dealkylation sites (tertiary alicyclic amines) is 1. The van der Waals surface area contributed by atoms with Gasteiger partial charge in [0.2, 0.25) is 0 Å².